The molecule has 1 aromatic carbocycles. The van der Waals surface area contributed by atoms with Crippen LogP contribution >= 0.6 is 11.6 Å². The van der Waals surface area contributed by atoms with E-state index >= 15 is 0 Å². The topological polar surface area (TPSA) is 66.8 Å². The Morgan fingerprint density at radius 1 is 1.39 bits per heavy atom. The summed E-state index contributed by atoms with van der Waals surface area (Å²) in [6.45, 7) is 1.93. The van der Waals surface area contributed by atoms with Gasteiger partial charge in [0, 0.05) is 59.3 Å². The number of hydrogen-bond donors (Lipinski definition) is 1. The lowest BCUT2D eigenvalue weighted by molar-refractivity contribution is -0.132. The molecule has 1 aliphatic heterocycles. The molecule has 0 spiro atoms. The molecular formula is C16H16ClN5O. The smallest absolute Gasteiger partial charge is 0.224 e. The fraction of sp³-hybridized carbons (Fsp3) is 0.312. The highest BCUT2D eigenvalue weighted by Gasteiger charge is 2.23. The number of H-pyrrole nitrogens is 1. The normalized spacial score (nSPS) is 14.2. The second-order valence-electron chi connectivity index (χ2n) is 5.75. The fourth-order valence-electron chi connectivity index (χ4n) is 3.12. The van der Waals surface area contributed by atoms with Crippen LogP contribution in [0.25, 0.3) is 10.9 Å². The van der Waals surface area contributed by atoms with Crippen LogP contribution in [0.4, 0.5) is 0 Å². The number of rotatable bonds is 3. The summed E-state index contributed by atoms with van der Waals surface area (Å²) in [5.41, 5.74) is 3.47. The molecular weight excluding hydrogens is 314 g/mol. The first-order valence-electron chi connectivity index (χ1n) is 7.61. The summed E-state index contributed by atoms with van der Waals surface area (Å²) < 4.78 is 1.68. The third-order valence-corrected chi connectivity index (χ3v) is 4.55. The van der Waals surface area contributed by atoms with E-state index in [1.54, 1.807) is 17.1 Å². The largest absolute Gasteiger partial charge is 0.358 e. The summed E-state index contributed by atoms with van der Waals surface area (Å²) in [5.74, 6) is 0.141. The van der Waals surface area contributed by atoms with Gasteiger partial charge in [-0.3, -0.25) is 9.48 Å². The zero-order valence-corrected chi connectivity index (χ0v) is 13.3. The van der Waals surface area contributed by atoms with Crippen LogP contribution in [0.1, 0.15) is 17.7 Å². The molecule has 7 heteroatoms. The maximum Gasteiger partial charge on any atom is 0.224 e. The van der Waals surface area contributed by atoms with E-state index in [4.69, 9.17) is 11.6 Å². The number of benzene rings is 1. The minimum Gasteiger partial charge on any atom is -0.358 e. The van der Waals surface area contributed by atoms with E-state index in [9.17, 15) is 4.79 Å². The predicted octanol–water partition coefficient (Wildman–Crippen LogP) is 2.39. The minimum atomic E-state index is 0.141. The van der Waals surface area contributed by atoms with Crippen molar-refractivity contribution in [2.75, 3.05) is 6.54 Å². The summed E-state index contributed by atoms with van der Waals surface area (Å²) in [4.78, 5) is 17.8. The van der Waals surface area contributed by atoms with Crippen LogP contribution in [0.5, 0.6) is 0 Å². The molecule has 0 fully saturated rings. The molecule has 23 heavy (non-hydrogen) atoms. The predicted molar refractivity (Wildman–Crippen MR) is 87.1 cm³/mol. The summed E-state index contributed by atoms with van der Waals surface area (Å²) in [7, 11) is 0. The first-order valence-corrected chi connectivity index (χ1v) is 7.99. The van der Waals surface area contributed by atoms with Crippen molar-refractivity contribution >= 4 is 28.4 Å². The summed E-state index contributed by atoms with van der Waals surface area (Å²) >= 11 is 6.11. The number of halogens is 1. The van der Waals surface area contributed by atoms with Crippen LogP contribution in [-0.4, -0.2) is 37.3 Å². The van der Waals surface area contributed by atoms with Crippen molar-refractivity contribution in [3.63, 3.8) is 0 Å². The number of carbonyl (C=O) groups is 1. The van der Waals surface area contributed by atoms with Crippen LogP contribution < -0.4 is 0 Å². The van der Waals surface area contributed by atoms with Gasteiger partial charge in [0.25, 0.3) is 0 Å². The van der Waals surface area contributed by atoms with Gasteiger partial charge in [0.05, 0.1) is 12.7 Å². The molecule has 0 atom stereocenters. The van der Waals surface area contributed by atoms with Crippen molar-refractivity contribution in [3.05, 3.63) is 46.9 Å². The van der Waals surface area contributed by atoms with Crippen LogP contribution in [0.3, 0.4) is 0 Å². The average Bonchev–Trinajstić information content (AvgIpc) is 3.19. The zero-order chi connectivity index (χ0) is 15.8. The van der Waals surface area contributed by atoms with E-state index in [-0.39, 0.29) is 5.91 Å². The monoisotopic (exact) mass is 329 g/mol. The Morgan fingerprint density at radius 3 is 3.13 bits per heavy atom. The number of nitrogens with zero attached hydrogens (tertiary/aromatic N) is 4. The van der Waals surface area contributed by atoms with Crippen LogP contribution in [0, 0.1) is 0 Å². The lowest BCUT2D eigenvalue weighted by Crippen LogP contribution is -2.36. The van der Waals surface area contributed by atoms with Gasteiger partial charge < -0.3 is 9.88 Å². The summed E-state index contributed by atoms with van der Waals surface area (Å²) in [5, 5.41) is 9.47. The first kappa shape index (κ1) is 14.3. The fourth-order valence-corrected chi connectivity index (χ4v) is 3.29. The Morgan fingerprint density at radius 2 is 2.30 bits per heavy atom. The van der Waals surface area contributed by atoms with E-state index in [2.05, 4.69) is 15.3 Å². The minimum absolute atomic E-state index is 0.141. The van der Waals surface area contributed by atoms with Gasteiger partial charge in [-0.15, -0.1) is 5.10 Å². The summed E-state index contributed by atoms with van der Waals surface area (Å²) in [6.07, 6.45) is 4.66. The molecule has 0 unspecified atom stereocenters. The van der Waals surface area contributed by atoms with Crippen molar-refractivity contribution in [1.82, 2.24) is 24.9 Å². The molecule has 0 saturated heterocycles. The molecule has 0 radical (unpaired) electrons. The maximum absolute atomic E-state index is 12.5. The third kappa shape index (κ3) is 2.70. The van der Waals surface area contributed by atoms with E-state index in [1.807, 2.05) is 23.1 Å². The standard InChI is InChI=1S/C16H16ClN5O/c17-11-1-2-14-12(9-11)13-10-21(6-3-15(13)19-14)16(23)4-7-22-8-5-18-20-22/h1-2,5,8-9,19H,3-4,6-7,10H2. The van der Waals surface area contributed by atoms with E-state index < -0.39 is 0 Å². The number of carbonyl (C=O) groups excluding carboxylic acids is 1. The van der Waals surface area contributed by atoms with Crippen molar-refractivity contribution in [2.24, 2.45) is 0 Å². The molecule has 0 aliphatic carbocycles. The molecule has 1 amide bonds. The number of fused-ring (bicyclic) bond motifs is 3. The van der Waals surface area contributed by atoms with Crippen LogP contribution in [-0.2, 0) is 24.3 Å². The van der Waals surface area contributed by atoms with Gasteiger partial charge in [0.2, 0.25) is 5.91 Å². The van der Waals surface area contributed by atoms with Gasteiger partial charge in [-0.25, -0.2) is 0 Å². The van der Waals surface area contributed by atoms with Crippen molar-refractivity contribution in [1.29, 1.82) is 0 Å². The van der Waals surface area contributed by atoms with Crippen LogP contribution in [0.2, 0.25) is 5.02 Å². The lowest BCUT2D eigenvalue weighted by atomic mass is 10.0. The number of amides is 1. The maximum atomic E-state index is 12.5. The number of aromatic amines is 1. The van der Waals surface area contributed by atoms with Crippen molar-refractivity contribution < 1.29 is 4.79 Å². The zero-order valence-electron chi connectivity index (χ0n) is 12.5. The Kier molecular flexibility index (Phi) is 3.53. The molecule has 1 aliphatic rings. The first-order chi connectivity index (χ1) is 11.2. The molecule has 0 bridgehead atoms. The Bertz CT molecular complexity index is 855. The van der Waals surface area contributed by atoms with Gasteiger partial charge in [-0.1, -0.05) is 16.8 Å². The lowest BCUT2D eigenvalue weighted by Gasteiger charge is -2.27. The van der Waals surface area contributed by atoms with Gasteiger partial charge in [0.1, 0.15) is 0 Å². The summed E-state index contributed by atoms with van der Waals surface area (Å²) in [6, 6.07) is 5.84. The Hall–Kier alpha value is -2.34. The van der Waals surface area contributed by atoms with Crippen molar-refractivity contribution in [3.8, 4) is 0 Å². The van der Waals surface area contributed by atoms with Gasteiger partial charge in [0.15, 0.2) is 0 Å². The second kappa shape index (κ2) is 5.70. The molecule has 1 N–H and O–H groups in total. The van der Waals surface area contributed by atoms with Crippen LogP contribution in [0.15, 0.2) is 30.6 Å². The SMILES string of the molecule is O=C(CCn1ccnn1)N1CCc2[nH]c3ccc(Cl)cc3c2C1. The molecule has 3 heterocycles. The third-order valence-electron chi connectivity index (χ3n) is 4.32. The van der Waals surface area contributed by atoms with Gasteiger partial charge >= 0.3 is 0 Å². The Balaban J connectivity index is 1.52. The number of nitrogens with one attached hydrogen (secondary N) is 1. The number of aromatic nitrogens is 4. The van der Waals surface area contributed by atoms with Gasteiger partial charge in [-0.2, -0.15) is 0 Å². The molecule has 4 rings (SSSR count). The van der Waals surface area contributed by atoms with E-state index in [0.29, 0.717) is 24.5 Å². The highest BCUT2D eigenvalue weighted by atomic mass is 35.5. The average molecular weight is 330 g/mol. The molecule has 3 aromatic rings. The Labute approximate surface area is 138 Å². The number of hydrogen-bond acceptors (Lipinski definition) is 3. The van der Waals surface area contributed by atoms with Gasteiger partial charge in [-0.05, 0) is 18.2 Å². The molecule has 6 nitrogen and oxygen atoms in total. The van der Waals surface area contributed by atoms with E-state index in [1.165, 1.54) is 11.3 Å². The second-order valence-corrected chi connectivity index (χ2v) is 6.19. The molecule has 0 saturated carbocycles. The highest BCUT2D eigenvalue weighted by Crippen LogP contribution is 2.29. The quantitative estimate of drug-likeness (QED) is 0.802. The number of aryl methyl sites for hydroxylation is 1. The molecule has 118 valence electrons. The highest BCUT2D eigenvalue weighted by molar-refractivity contribution is 6.31. The van der Waals surface area contributed by atoms with E-state index in [0.717, 1.165) is 23.9 Å². The molecule has 2 aromatic heterocycles. The van der Waals surface area contributed by atoms with Crippen molar-refractivity contribution in [2.45, 2.75) is 25.9 Å².